The average molecular weight is 996 g/mol. The lowest BCUT2D eigenvalue weighted by atomic mass is 9.70. The second-order valence-electron chi connectivity index (χ2n) is 21.5. The maximum absolute atomic E-state index is 16.3. The second kappa shape index (κ2) is 22.0. The van der Waals surface area contributed by atoms with Crippen LogP contribution in [0, 0.1) is 24.5 Å². The van der Waals surface area contributed by atoms with E-state index in [-0.39, 0.29) is 22.2 Å². The van der Waals surface area contributed by atoms with E-state index in [1.165, 1.54) is 66.0 Å². The van der Waals surface area contributed by atoms with E-state index < -0.39 is 5.82 Å². The minimum absolute atomic E-state index is 0.0161. The molecular formula is C61H77ClF2N8. The first-order valence-corrected chi connectivity index (χ1v) is 27.1. The predicted octanol–water partition coefficient (Wildman–Crippen LogP) is 12.9. The van der Waals surface area contributed by atoms with Crippen LogP contribution in [0.1, 0.15) is 123 Å². The summed E-state index contributed by atoms with van der Waals surface area (Å²) in [4.78, 5) is 7.62. The predicted molar refractivity (Wildman–Crippen MR) is 295 cm³/mol. The van der Waals surface area contributed by atoms with Crippen LogP contribution in [0.25, 0.3) is 22.0 Å². The topological polar surface area (TPSA) is 77.6 Å². The molecule has 4 N–H and O–H groups in total. The quantitative estimate of drug-likeness (QED) is 0.115. The van der Waals surface area contributed by atoms with Crippen molar-refractivity contribution in [2.75, 3.05) is 44.2 Å². The molecule has 0 spiro atoms. The summed E-state index contributed by atoms with van der Waals surface area (Å²) in [5.74, 6) is 2.03. The van der Waals surface area contributed by atoms with Crippen molar-refractivity contribution in [3.63, 3.8) is 0 Å². The summed E-state index contributed by atoms with van der Waals surface area (Å²) in [5.41, 5.74) is 14.7. The highest BCUT2D eigenvalue weighted by atomic mass is 35.5. The molecule has 3 atom stereocenters. The van der Waals surface area contributed by atoms with Crippen LogP contribution in [-0.4, -0.2) is 70.9 Å². The Morgan fingerprint density at radius 1 is 0.944 bits per heavy atom. The number of hydrogen-bond donors (Lipinski definition) is 3. The molecule has 0 bridgehead atoms. The molecule has 8 nitrogen and oxygen atoms in total. The number of likely N-dealkylation sites (tertiary alicyclic amines) is 2. The summed E-state index contributed by atoms with van der Waals surface area (Å²) in [7, 11) is 2.05. The van der Waals surface area contributed by atoms with E-state index in [9.17, 15) is 0 Å². The Balaban J connectivity index is 0.00000208. The van der Waals surface area contributed by atoms with Gasteiger partial charge in [0.1, 0.15) is 17.5 Å². The number of nitrogens with one attached hydrogen (secondary N) is 2. The zero-order chi connectivity index (χ0) is 50.8. The Labute approximate surface area is 433 Å². The van der Waals surface area contributed by atoms with Gasteiger partial charge in [-0.2, -0.15) is 5.10 Å². The number of rotatable bonds is 12. The van der Waals surface area contributed by atoms with Crippen LogP contribution in [0.5, 0.6) is 0 Å². The van der Waals surface area contributed by atoms with Gasteiger partial charge in [0, 0.05) is 85.1 Å². The fourth-order valence-corrected chi connectivity index (χ4v) is 13.5. The highest BCUT2D eigenvalue weighted by Gasteiger charge is 2.48. The number of anilines is 1. The molecule has 1 saturated carbocycles. The summed E-state index contributed by atoms with van der Waals surface area (Å²) < 4.78 is 34.2. The molecule has 4 aromatic carbocycles. The summed E-state index contributed by atoms with van der Waals surface area (Å²) in [6.07, 6.45) is 13.9. The number of aryl methyl sites for hydroxylation is 3. The van der Waals surface area contributed by atoms with Gasteiger partial charge < -0.3 is 31.1 Å². The lowest BCUT2D eigenvalue weighted by molar-refractivity contribution is 0.103. The van der Waals surface area contributed by atoms with Crippen LogP contribution in [0.2, 0.25) is 5.02 Å². The number of fused-ring (bicyclic) bond motifs is 2. The fourth-order valence-electron chi connectivity index (χ4n) is 13.2. The molecule has 5 aromatic rings. The molecular weight excluding hydrogens is 918 g/mol. The largest absolute Gasteiger partial charge is 0.405 e. The minimum atomic E-state index is -0.482. The Morgan fingerprint density at radius 2 is 1.68 bits per heavy atom. The first-order valence-electron chi connectivity index (χ1n) is 26.7. The zero-order valence-corrected chi connectivity index (χ0v) is 44.1. The molecule has 3 aliphatic heterocycles. The number of allylic oxidation sites excluding steroid dienone is 1. The molecule has 3 saturated heterocycles. The van der Waals surface area contributed by atoms with Crippen LogP contribution in [-0.2, 0) is 25.3 Å². The van der Waals surface area contributed by atoms with Crippen molar-refractivity contribution in [2.45, 2.75) is 127 Å². The first kappa shape index (κ1) is 51.5. The summed E-state index contributed by atoms with van der Waals surface area (Å²) in [6.45, 7) is 28.5. The number of hydrogen-bond acceptors (Lipinski definition) is 7. The smallest absolute Gasteiger partial charge is 0.164 e. The molecule has 382 valence electrons. The molecule has 5 aliphatic rings. The number of benzene rings is 4. The van der Waals surface area contributed by atoms with Gasteiger partial charge in [-0.15, -0.1) is 0 Å². The summed E-state index contributed by atoms with van der Waals surface area (Å²) in [5, 5.41) is 13.5. The molecule has 1 aromatic heterocycles. The summed E-state index contributed by atoms with van der Waals surface area (Å²) in [6, 6.07) is 24.0. The van der Waals surface area contributed by atoms with Gasteiger partial charge in [0.15, 0.2) is 5.82 Å². The zero-order valence-electron chi connectivity index (χ0n) is 43.3. The molecule has 0 amide bonds. The molecule has 4 heterocycles. The minimum Gasteiger partial charge on any atom is -0.405 e. The molecule has 10 rings (SSSR count). The Morgan fingerprint density at radius 3 is 2.39 bits per heavy atom. The number of halogens is 3. The fraction of sp³-hybridized carbons (Fsp3) is 0.459. The van der Waals surface area contributed by atoms with Crippen LogP contribution in [0.4, 0.5) is 14.6 Å². The summed E-state index contributed by atoms with van der Waals surface area (Å²) >= 11 is 6.90. The lowest BCUT2D eigenvalue weighted by Gasteiger charge is -2.45. The van der Waals surface area contributed by atoms with Gasteiger partial charge in [-0.05, 0) is 166 Å². The Kier molecular flexibility index (Phi) is 15.7. The van der Waals surface area contributed by atoms with Gasteiger partial charge in [-0.3, -0.25) is 4.68 Å². The second-order valence-corrected chi connectivity index (χ2v) is 21.9. The number of nitrogens with two attached hydrogens (primary N) is 1. The van der Waals surface area contributed by atoms with Crippen LogP contribution < -0.4 is 21.3 Å². The standard InChI is InChI=1S/C59H72ClF2N7.C2H5N/c1-8-42-18-17-37(2)53(57(42)62)55-54-39(4)59(47-14-10-9-11-15-47,34-46(54)32-51(61)56(55)60)36-63-48-22-19-43(20-23-48)40(5)68-28-13-12-16-49(68)35-67-29-26-44(27-30-67)45-21-24-50-52(33-45)66(7)65-58(50)69-31-25-38(3)64-41(69)6;1-2-3/h9-11,14-15,17-18,21,24,32-33,39,43-44,48-49,63-64H,3,5-6,8,12-13,16,19-20,22-23,25-31,34-36H2,1-2,4,7H3;2H,1,3H2. The van der Waals surface area contributed by atoms with Crippen molar-refractivity contribution >= 4 is 28.3 Å². The van der Waals surface area contributed by atoms with Crippen molar-refractivity contribution in [1.29, 1.82) is 0 Å². The van der Waals surface area contributed by atoms with E-state index in [0.717, 1.165) is 105 Å². The highest BCUT2D eigenvalue weighted by molar-refractivity contribution is 6.34. The Hall–Kier alpha value is -5.42. The SMILES string of the molecule is C=C1CCN(c2nn(C)c3cc(C4CCN(CC5CCCCN5C(=C)C5CCC(NCC6(c7ccccc7)Cc7cc(F)c(Cl)c(-c8c(C)ccc(CC)c8F)c7C6C)CC5)CC4)ccc23)C(=C)N1.C=CN. The number of nitrogens with zero attached hydrogens (tertiary/aromatic N) is 5. The van der Waals surface area contributed by atoms with E-state index in [4.69, 9.17) is 23.3 Å². The van der Waals surface area contributed by atoms with Crippen molar-refractivity contribution in [2.24, 2.45) is 18.7 Å². The third-order valence-electron chi connectivity index (χ3n) is 17.3. The monoisotopic (exact) mass is 995 g/mol. The van der Waals surface area contributed by atoms with E-state index in [0.29, 0.717) is 53.5 Å². The molecule has 72 heavy (non-hydrogen) atoms. The third-order valence-corrected chi connectivity index (χ3v) is 17.7. The molecule has 2 aliphatic carbocycles. The van der Waals surface area contributed by atoms with E-state index >= 15 is 8.78 Å². The molecule has 4 fully saturated rings. The van der Waals surface area contributed by atoms with Gasteiger partial charge in [-0.25, -0.2) is 8.78 Å². The van der Waals surface area contributed by atoms with E-state index in [1.807, 2.05) is 30.7 Å². The first-order chi connectivity index (χ1) is 34.8. The molecule has 3 unspecified atom stereocenters. The van der Waals surface area contributed by atoms with E-state index in [1.54, 1.807) is 6.07 Å². The molecule has 11 heteroatoms. The maximum atomic E-state index is 16.3. The third kappa shape index (κ3) is 10.00. The average Bonchev–Trinajstić information content (AvgIpc) is 3.86. The van der Waals surface area contributed by atoms with Gasteiger partial charge in [-0.1, -0.05) is 100 Å². The maximum Gasteiger partial charge on any atom is 0.164 e. The molecule has 0 radical (unpaired) electrons. The van der Waals surface area contributed by atoms with Gasteiger partial charge in [0.05, 0.1) is 10.5 Å². The van der Waals surface area contributed by atoms with Gasteiger partial charge in [0.25, 0.3) is 0 Å². The number of aromatic nitrogens is 2. The van der Waals surface area contributed by atoms with Crippen LogP contribution >= 0.6 is 11.6 Å². The highest BCUT2D eigenvalue weighted by Crippen LogP contribution is 2.55. The van der Waals surface area contributed by atoms with Gasteiger partial charge in [0.2, 0.25) is 0 Å². The van der Waals surface area contributed by atoms with Crippen molar-refractivity contribution in [3.8, 4) is 11.1 Å². The van der Waals surface area contributed by atoms with E-state index in [2.05, 4.69) is 113 Å². The van der Waals surface area contributed by atoms with Crippen LogP contribution in [0.15, 0.2) is 116 Å². The van der Waals surface area contributed by atoms with Crippen molar-refractivity contribution in [3.05, 3.63) is 166 Å². The lowest BCUT2D eigenvalue weighted by Crippen LogP contribution is -2.49. The van der Waals surface area contributed by atoms with Crippen molar-refractivity contribution in [1.82, 2.24) is 30.2 Å². The normalized spacial score (nSPS) is 23.9. The van der Waals surface area contributed by atoms with Crippen molar-refractivity contribution < 1.29 is 8.78 Å². The van der Waals surface area contributed by atoms with Gasteiger partial charge >= 0.3 is 0 Å². The Bertz CT molecular complexity index is 2800. The van der Waals surface area contributed by atoms with Crippen LogP contribution in [0.3, 0.4) is 0 Å². The number of piperidine rings is 2.